The Hall–Kier alpha value is -0.910. The van der Waals surface area contributed by atoms with Crippen molar-refractivity contribution in [2.75, 3.05) is 11.5 Å². The minimum absolute atomic E-state index is 0.0525. The second kappa shape index (κ2) is 5.82. The van der Waals surface area contributed by atoms with Crippen molar-refractivity contribution in [1.29, 1.82) is 0 Å². The molecule has 1 rings (SSSR count). The van der Waals surface area contributed by atoms with Crippen molar-refractivity contribution in [3.05, 3.63) is 0 Å². The van der Waals surface area contributed by atoms with E-state index in [1.807, 2.05) is 0 Å². The van der Waals surface area contributed by atoms with Gasteiger partial charge in [0.25, 0.3) is 0 Å². The van der Waals surface area contributed by atoms with Gasteiger partial charge >= 0.3 is 5.97 Å². The maximum Gasteiger partial charge on any atom is 0.317 e. The Balaban J connectivity index is 2.82. The van der Waals surface area contributed by atoms with Gasteiger partial charge in [-0.3, -0.25) is 9.59 Å². The van der Waals surface area contributed by atoms with E-state index < -0.39 is 21.2 Å². The zero-order chi connectivity index (χ0) is 13.8. The second-order valence-electron chi connectivity index (χ2n) is 4.92. The highest BCUT2D eigenvalue weighted by atomic mass is 32.2. The van der Waals surface area contributed by atoms with Crippen LogP contribution < -0.4 is 0 Å². The molecule has 6 heteroatoms. The number of carbonyl (C=O) groups is 2. The standard InChI is InChI=1S/C12H20O5S/c1-2-8-18(16,17)9-7-12(11(14)15)6-4-3-5-10(12)13/h2-9H2,1H3,(H,14,15). The number of carboxylic acids is 1. The first-order valence-corrected chi connectivity index (χ1v) is 8.13. The fourth-order valence-electron chi connectivity index (χ4n) is 2.43. The van der Waals surface area contributed by atoms with Crippen molar-refractivity contribution in [2.45, 2.75) is 45.4 Å². The van der Waals surface area contributed by atoms with Gasteiger partial charge in [0.1, 0.15) is 21.0 Å². The molecule has 0 amide bonds. The molecule has 104 valence electrons. The summed E-state index contributed by atoms with van der Waals surface area (Å²) in [6, 6.07) is 0. The lowest BCUT2D eigenvalue weighted by molar-refractivity contribution is -0.157. The van der Waals surface area contributed by atoms with Crippen molar-refractivity contribution in [3.8, 4) is 0 Å². The van der Waals surface area contributed by atoms with Gasteiger partial charge in [0.2, 0.25) is 0 Å². The van der Waals surface area contributed by atoms with E-state index in [1.54, 1.807) is 6.92 Å². The van der Waals surface area contributed by atoms with E-state index >= 15 is 0 Å². The lowest BCUT2D eigenvalue weighted by Gasteiger charge is -2.31. The fraction of sp³-hybridized carbons (Fsp3) is 0.833. The van der Waals surface area contributed by atoms with Crippen LogP contribution in [0.4, 0.5) is 0 Å². The molecule has 1 saturated carbocycles. The summed E-state index contributed by atoms with van der Waals surface area (Å²) in [5, 5.41) is 9.27. The molecule has 0 bridgehead atoms. The molecule has 0 heterocycles. The van der Waals surface area contributed by atoms with Crippen LogP contribution in [0, 0.1) is 5.41 Å². The summed E-state index contributed by atoms with van der Waals surface area (Å²) in [6.07, 6.45) is 2.32. The van der Waals surface area contributed by atoms with Gasteiger partial charge in [-0.15, -0.1) is 0 Å². The topological polar surface area (TPSA) is 88.5 Å². The Morgan fingerprint density at radius 1 is 1.33 bits per heavy atom. The van der Waals surface area contributed by atoms with Crippen LogP contribution in [0.2, 0.25) is 0 Å². The Labute approximate surface area is 107 Å². The Kier molecular flexibility index (Phi) is 4.90. The third-order valence-corrected chi connectivity index (χ3v) is 5.41. The van der Waals surface area contributed by atoms with E-state index in [1.165, 1.54) is 0 Å². The molecular weight excluding hydrogens is 256 g/mol. The van der Waals surface area contributed by atoms with Crippen LogP contribution in [0.3, 0.4) is 0 Å². The van der Waals surface area contributed by atoms with E-state index in [0.29, 0.717) is 19.3 Å². The number of sulfone groups is 1. The van der Waals surface area contributed by atoms with Crippen LogP contribution in [0.1, 0.15) is 45.4 Å². The molecule has 18 heavy (non-hydrogen) atoms. The van der Waals surface area contributed by atoms with Crippen LogP contribution >= 0.6 is 0 Å². The third kappa shape index (κ3) is 3.31. The molecule has 1 atom stereocenters. The quantitative estimate of drug-likeness (QED) is 0.741. The first-order valence-electron chi connectivity index (χ1n) is 6.31. The van der Waals surface area contributed by atoms with Gasteiger partial charge in [-0.1, -0.05) is 13.3 Å². The molecule has 0 aliphatic heterocycles. The Morgan fingerprint density at radius 3 is 2.50 bits per heavy atom. The first-order chi connectivity index (χ1) is 8.34. The van der Waals surface area contributed by atoms with Crippen molar-refractivity contribution in [2.24, 2.45) is 5.41 Å². The zero-order valence-electron chi connectivity index (χ0n) is 10.6. The summed E-state index contributed by atoms with van der Waals surface area (Å²) in [5.41, 5.74) is -1.46. The first kappa shape index (κ1) is 15.1. The van der Waals surface area contributed by atoms with Crippen molar-refractivity contribution in [1.82, 2.24) is 0 Å². The Bertz CT molecular complexity index is 426. The highest BCUT2D eigenvalue weighted by molar-refractivity contribution is 7.91. The van der Waals surface area contributed by atoms with Crippen molar-refractivity contribution in [3.63, 3.8) is 0 Å². The molecule has 1 aliphatic carbocycles. The molecule has 1 unspecified atom stereocenters. The Morgan fingerprint density at radius 2 is 2.00 bits per heavy atom. The van der Waals surface area contributed by atoms with Gasteiger partial charge in [0.05, 0.1) is 5.75 Å². The molecule has 0 spiro atoms. The van der Waals surface area contributed by atoms with Crippen LogP contribution in [0.25, 0.3) is 0 Å². The largest absolute Gasteiger partial charge is 0.480 e. The summed E-state index contributed by atoms with van der Waals surface area (Å²) >= 11 is 0. The van der Waals surface area contributed by atoms with Gasteiger partial charge < -0.3 is 5.11 Å². The summed E-state index contributed by atoms with van der Waals surface area (Å²) in [7, 11) is -3.24. The average molecular weight is 276 g/mol. The maximum absolute atomic E-state index is 11.9. The zero-order valence-corrected chi connectivity index (χ0v) is 11.5. The van der Waals surface area contributed by atoms with E-state index in [0.717, 1.165) is 0 Å². The smallest absolute Gasteiger partial charge is 0.317 e. The molecule has 1 fully saturated rings. The molecule has 0 aromatic carbocycles. The lowest BCUT2D eigenvalue weighted by Crippen LogP contribution is -2.43. The van der Waals surface area contributed by atoms with Gasteiger partial charge in [-0.05, 0) is 25.7 Å². The summed E-state index contributed by atoms with van der Waals surface area (Å²) in [4.78, 5) is 23.2. The molecule has 0 saturated heterocycles. The number of ketones is 1. The van der Waals surface area contributed by atoms with Crippen molar-refractivity contribution < 1.29 is 23.1 Å². The number of hydrogen-bond donors (Lipinski definition) is 1. The molecule has 0 radical (unpaired) electrons. The number of carboxylic acid groups (broad SMARTS) is 1. The highest BCUT2D eigenvalue weighted by Crippen LogP contribution is 2.37. The minimum atomic E-state index is -3.24. The highest BCUT2D eigenvalue weighted by Gasteiger charge is 2.47. The van der Waals surface area contributed by atoms with Gasteiger partial charge in [-0.25, -0.2) is 8.42 Å². The van der Waals surface area contributed by atoms with Crippen LogP contribution in [0.5, 0.6) is 0 Å². The maximum atomic E-state index is 11.9. The fourth-order valence-corrected chi connectivity index (χ4v) is 3.92. The normalized spacial score (nSPS) is 25.1. The van der Waals surface area contributed by atoms with E-state index in [9.17, 15) is 23.1 Å². The number of rotatable bonds is 6. The summed E-state index contributed by atoms with van der Waals surface area (Å²) in [5.74, 6) is -1.64. The predicted molar refractivity (Wildman–Crippen MR) is 67.1 cm³/mol. The van der Waals surface area contributed by atoms with Crippen LogP contribution in [0.15, 0.2) is 0 Å². The molecular formula is C12H20O5S. The minimum Gasteiger partial charge on any atom is -0.480 e. The van der Waals surface area contributed by atoms with Crippen LogP contribution in [-0.2, 0) is 19.4 Å². The van der Waals surface area contributed by atoms with E-state index in [-0.39, 0.29) is 36.6 Å². The monoisotopic (exact) mass is 276 g/mol. The lowest BCUT2D eigenvalue weighted by atomic mass is 9.71. The van der Waals surface area contributed by atoms with Gasteiger partial charge in [0, 0.05) is 12.2 Å². The van der Waals surface area contributed by atoms with E-state index in [2.05, 4.69) is 0 Å². The average Bonchev–Trinajstić information content (AvgIpc) is 2.28. The second-order valence-corrected chi connectivity index (χ2v) is 7.22. The third-order valence-electron chi connectivity index (χ3n) is 3.56. The number of carbonyl (C=O) groups excluding carboxylic acids is 1. The van der Waals surface area contributed by atoms with Gasteiger partial charge in [0.15, 0.2) is 0 Å². The molecule has 5 nitrogen and oxygen atoms in total. The molecule has 1 N–H and O–H groups in total. The van der Waals surface area contributed by atoms with Gasteiger partial charge in [-0.2, -0.15) is 0 Å². The molecule has 1 aliphatic rings. The summed E-state index contributed by atoms with van der Waals surface area (Å²) < 4.78 is 23.3. The molecule has 0 aromatic heterocycles. The number of hydrogen-bond acceptors (Lipinski definition) is 4. The van der Waals surface area contributed by atoms with E-state index in [4.69, 9.17) is 0 Å². The summed E-state index contributed by atoms with van der Waals surface area (Å²) in [6.45, 7) is 1.76. The van der Waals surface area contributed by atoms with Crippen molar-refractivity contribution >= 4 is 21.6 Å². The molecule has 0 aromatic rings. The van der Waals surface area contributed by atoms with Crippen LogP contribution in [-0.4, -0.2) is 36.8 Å². The number of aliphatic carboxylic acids is 1. The number of Topliss-reactive ketones (excluding diaryl/α,β-unsaturated/α-hetero) is 1. The predicted octanol–water partition coefficient (Wildman–Crippen LogP) is 1.42. The SMILES string of the molecule is CCCS(=O)(=O)CCC1(C(=O)O)CCCCC1=O.